The number of carbonyl (C=O) groups excluding carboxylic acids is 1. The van der Waals surface area contributed by atoms with E-state index >= 15 is 0 Å². The molecule has 0 saturated heterocycles. The zero-order chi connectivity index (χ0) is 15.6. The summed E-state index contributed by atoms with van der Waals surface area (Å²) in [5, 5.41) is 0. The van der Waals surface area contributed by atoms with Crippen molar-refractivity contribution in [2.24, 2.45) is 5.41 Å². The van der Waals surface area contributed by atoms with Crippen LogP contribution in [0.2, 0.25) is 0 Å². The highest BCUT2D eigenvalue weighted by Gasteiger charge is 2.21. The van der Waals surface area contributed by atoms with Gasteiger partial charge < -0.3 is 0 Å². The minimum absolute atomic E-state index is 0.245. The fourth-order valence-corrected chi connectivity index (χ4v) is 1.95. The topological polar surface area (TPSA) is 35.5 Å². The summed E-state index contributed by atoms with van der Waals surface area (Å²) in [6.45, 7) is 12.8. The molecule has 0 saturated carbocycles. The first kappa shape index (κ1) is 19.4. The van der Waals surface area contributed by atoms with E-state index in [1.54, 1.807) is 0 Å². The number of unbranched alkanes of at least 4 members (excludes halogenated alkanes) is 3. The van der Waals surface area contributed by atoms with E-state index < -0.39 is 0 Å². The van der Waals surface area contributed by atoms with Crippen LogP contribution in [0.3, 0.4) is 0 Å². The molecule has 0 fully saturated rings. The van der Waals surface area contributed by atoms with Crippen molar-refractivity contribution in [3.63, 3.8) is 0 Å². The van der Waals surface area contributed by atoms with Gasteiger partial charge in [-0.2, -0.15) is 4.89 Å². The number of rotatable bonds is 10. The van der Waals surface area contributed by atoms with Gasteiger partial charge in [-0.3, -0.25) is 4.89 Å². The Bertz CT molecular complexity index is 264. The average molecular weight is 286 g/mol. The van der Waals surface area contributed by atoms with Gasteiger partial charge in [0.15, 0.2) is 0 Å². The molecular weight excluding hydrogens is 252 g/mol. The SMILES string of the molecule is CCCCC(C)(C)OOC(=O)CCCCCC(C)(C)C. The van der Waals surface area contributed by atoms with Gasteiger partial charge in [-0.15, -0.1) is 0 Å². The molecule has 0 N–H and O–H groups in total. The van der Waals surface area contributed by atoms with Crippen LogP contribution in [0.4, 0.5) is 0 Å². The lowest BCUT2D eigenvalue weighted by atomic mass is 9.89. The minimum atomic E-state index is -0.377. The normalized spacial score (nSPS) is 12.5. The third kappa shape index (κ3) is 12.5. The maximum Gasteiger partial charge on any atom is 0.342 e. The maximum atomic E-state index is 11.6. The first-order valence-electron chi connectivity index (χ1n) is 8.05. The Hall–Kier alpha value is -0.570. The molecule has 0 amide bonds. The Morgan fingerprint density at radius 2 is 1.55 bits per heavy atom. The first-order valence-corrected chi connectivity index (χ1v) is 8.05. The summed E-state index contributed by atoms with van der Waals surface area (Å²) < 4.78 is 0. The van der Waals surface area contributed by atoms with Crippen molar-refractivity contribution in [2.45, 2.75) is 98.5 Å². The summed E-state index contributed by atoms with van der Waals surface area (Å²) in [5.41, 5.74) is 0.00479. The fourth-order valence-electron chi connectivity index (χ4n) is 1.95. The molecule has 0 aromatic rings. The monoisotopic (exact) mass is 286 g/mol. The van der Waals surface area contributed by atoms with Crippen molar-refractivity contribution in [3.8, 4) is 0 Å². The van der Waals surface area contributed by atoms with Gasteiger partial charge in [0.1, 0.15) is 5.60 Å². The summed E-state index contributed by atoms with van der Waals surface area (Å²) in [6, 6.07) is 0. The van der Waals surface area contributed by atoms with Gasteiger partial charge in [0, 0.05) is 6.42 Å². The van der Waals surface area contributed by atoms with Crippen molar-refractivity contribution in [1.82, 2.24) is 0 Å². The van der Waals surface area contributed by atoms with Crippen LogP contribution < -0.4 is 0 Å². The second-order valence-electron chi connectivity index (χ2n) is 7.52. The van der Waals surface area contributed by atoms with E-state index in [0.717, 1.165) is 32.1 Å². The average Bonchev–Trinajstić information content (AvgIpc) is 2.32. The van der Waals surface area contributed by atoms with E-state index in [4.69, 9.17) is 9.78 Å². The Morgan fingerprint density at radius 1 is 0.900 bits per heavy atom. The van der Waals surface area contributed by atoms with Gasteiger partial charge in [-0.1, -0.05) is 53.4 Å². The third-order valence-electron chi connectivity index (χ3n) is 3.30. The molecule has 0 aromatic heterocycles. The van der Waals surface area contributed by atoms with Gasteiger partial charge in [0.2, 0.25) is 0 Å². The quantitative estimate of drug-likeness (QED) is 0.305. The molecular formula is C17H34O3. The fraction of sp³-hybridized carbons (Fsp3) is 0.941. The molecule has 0 atom stereocenters. The van der Waals surface area contributed by atoms with Crippen LogP contribution in [0.1, 0.15) is 92.9 Å². The predicted molar refractivity (Wildman–Crippen MR) is 83.3 cm³/mol. The molecule has 0 aliphatic carbocycles. The van der Waals surface area contributed by atoms with Crippen molar-refractivity contribution in [2.75, 3.05) is 0 Å². The molecule has 0 radical (unpaired) electrons. The van der Waals surface area contributed by atoms with Crippen LogP contribution in [-0.4, -0.2) is 11.6 Å². The standard InChI is InChI=1S/C17H34O3/c1-7-8-14-17(5,6)20-19-15(18)12-10-9-11-13-16(2,3)4/h7-14H2,1-6H3. The van der Waals surface area contributed by atoms with Crippen molar-refractivity contribution < 1.29 is 14.6 Å². The van der Waals surface area contributed by atoms with E-state index in [9.17, 15) is 4.79 Å². The Morgan fingerprint density at radius 3 is 2.10 bits per heavy atom. The number of carbonyl (C=O) groups is 1. The summed E-state index contributed by atoms with van der Waals surface area (Å²) in [6.07, 6.45) is 7.88. The zero-order valence-electron chi connectivity index (χ0n) is 14.4. The molecule has 0 aromatic carbocycles. The van der Waals surface area contributed by atoms with E-state index in [2.05, 4.69) is 27.7 Å². The number of hydrogen-bond acceptors (Lipinski definition) is 3. The van der Waals surface area contributed by atoms with Gasteiger partial charge >= 0.3 is 5.97 Å². The lowest BCUT2D eigenvalue weighted by Crippen LogP contribution is -2.26. The van der Waals surface area contributed by atoms with Crippen molar-refractivity contribution in [3.05, 3.63) is 0 Å². The summed E-state index contributed by atoms with van der Waals surface area (Å²) in [5.74, 6) is -0.245. The number of hydrogen-bond donors (Lipinski definition) is 0. The highest BCUT2D eigenvalue weighted by Crippen LogP contribution is 2.22. The molecule has 0 aliphatic heterocycles. The Kier molecular flexibility index (Phi) is 9.11. The van der Waals surface area contributed by atoms with Gasteiger partial charge in [0.25, 0.3) is 0 Å². The smallest absolute Gasteiger partial charge is 0.298 e. The molecule has 0 unspecified atom stereocenters. The molecule has 0 heterocycles. The molecule has 3 nitrogen and oxygen atoms in total. The first-order chi connectivity index (χ1) is 9.16. The van der Waals surface area contributed by atoms with Gasteiger partial charge in [-0.05, 0) is 38.5 Å². The van der Waals surface area contributed by atoms with Crippen molar-refractivity contribution in [1.29, 1.82) is 0 Å². The molecule has 0 bridgehead atoms. The molecule has 0 aliphatic rings. The minimum Gasteiger partial charge on any atom is -0.298 e. The third-order valence-corrected chi connectivity index (χ3v) is 3.30. The Balaban J connectivity index is 3.64. The van der Waals surface area contributed by atoms with Crippen LogP contribution in [0.15, 0.2) is 0 Å². The maximum absolute atomic E-state index is 11.6. The molecule has 0 rings (SSSR count). The summed E-state index contributed by atoms with van der Waals surface area (Å²) >= 11 is 0. The molecule has 3 heteroatoms. The van der Waals surface area contributed by atoms with Crippen LogP contribution >= 0.6 is 0 Å². The zero-order valence-corrected chi connectivity index (χ0v) is 14.4. The lowest BCUT2D eigenvalue weighted by Gasteiger charge is -2.22. The molecule has 120 valence electrons. The molecule has 20 heavy (non-hydrogen) atoms. The van der Waals surface area contributed by atoms with Crippen LogP contribution in [0.25, 0.3) is 0 Å². The second-order valence-corrected chi connectivity index (χ2v) is 7.52. The largest absolute Gasteiger partial charge is 0.342 e. The second kappa shape index (κ2) is 9.38. The van der Waals surface area contributed by atoms with Crippen molar-refractivity contribution >= 4 is 5.97 Å². The van der Waals surface area contributed by atoms with E-state index in [1.807, 2.05) is 13.8 Å². The lowest BCUT2D eigenvalue weighted by molar-refractivity contribution is -0.326. The highest BCUT2D eigenvalue weighted by molar-refractivity contribution is 5.68. The van der Waals surface area contributed by atoms with Crippen LogP contribution in [0, 0.1) is 5.41 Å². The van der Waals surface area contributed by atoms with E-state index in [0.29, 0.717) is 11.8 Å². The predicted octanol–water partition coefficient (Wildman–Crippen LogP) is 5.43. The molecule has 0 spiro atoms. The summed E-state index contributed by atoms with van der Waals surface area (Å²) in [7, 11) is 0. The van der Waals surface area contributed by atoms with Gasteiger partial charge in [0.05, 0.1) is 0 Å². The van der Waals surface area contributed by atoms with E-state index in [1.165, 1.54) is 12.8 Å². The van der Waals surface area contributed by atoms with Gasteiger partial charge in [-0.25, -0.2) is 4.79 Å². The summed E-state index contributed by atoms with van der Waals surface area (Å²) in [4.78, 5) is 21.7. The van der Waals surface area contributed by atoms with E-state index in [-0.39, 0.29) is 11.6 Å². The van der Waals surface area contributed by atoms with Crippen LogP contribution in [0.5, 0.6) is 0 Å². The van der Waals surface area contributed by atoms with Crippen LogP contribution in [-0.2, 0) is 14.6 Å². The highest BCUT2D eigenvalue weighted by atomic mass is 17.2. The Labute approximate surface area is 125 Å².